The summed E-state index contributed by atoms with van der Waals surface area (Å²) in [6, 6.07) is 3.04. The fraction of sp³-hybridized carbons (Fsp3) is 0.467. The maximum Gasteiger partial charge on any atom is 0.406 e. The lowest BCUT2D eigenvalue weighted by atomic mass is 9.88. The highest BCUT2D eigenvalue weighted by molar-refractivity contribution is 6.13. The van der Waals surface area contributed by atoms with Gasteiger partial charge in [-0.05, 0) is 18.6 Å². The minimum absolute atomic E-state index is 0.147. The molecule has 6 nitrogen and oxygen atoms in total. The van der Waals surface area contributed by atoms with Crippen molar-refractivity contribution in [3.05, 3.63) is 23.7 Å². The third-order valence-electron chi connectivity index (χ3n) is 3.75. The summed E-state index contributed by atoms with van der Waals surface area (Å²) in [6.45, 7) is -0.363. The van der Waals surface area contributed by atoms with Crippen molar-refractivity contribution in [2.24, 2.45) is 11.8 Å². The second-order valence-corrected chi connectivity index (χ2v) is 5.55. The van der Waals surface area contributed by atoms with Crippen molar-refractivity contribution in [3.8, 4) is 6.07 Å². The van der Waals surface area contributed by atoms with Crippen LogP contribution in [0.1, 0.15) is 22.5 Å². The van der Waals surface area contributed by atoms with Crippen LogP contribution < -0.4 is 0 Å². The van der Waals surface area contributed by atoms with Gasteiger partial charge in [-0.1, -0.05) is 0 Å². The molecule has 1 saturated heterocycles. The lowest BCUT2D eigenvalue weighted by Crippen LogP contribution is -2.36. The number of nitriles is 1. The molecule has 2 rings (SSSR count). The third-order valence-corrected chi connectivity index (χ3v) is 3.75. The Morgan fingerprint density at radius 3 is 2.67 bits per heavy atom. The van der Waals surface area contributed by atoms with Crippen molar-refractivity contribution < 1.29 is 32.0 Å². The molecule has 0 aliphatic carbocycles. The van der Waals surface area contributed by atoms with Crippen LogP contribution in [0, 0.1) is 30.1 Å². The summed E-state index contributed by atoms with van der Waals surface area (Å²) in [5.41, 5.74) is 0.439. The summed E-state index contributed by atoms with van der Waals surface area (Å²) >= 11 is 0. The molecule has 2 atom stereocenters. The molecule has 1 aliphatic heterocycles. The van der Waals surface area contributed by atoms with Gasteiger partial charge >= 0.3 is 6.18 Å². The first-order valence-electron chi connectivity index (χ1n) is 7.00. The number of hydrogen-bond donors (Lipinski definition) is 0. The molecular weight excluding hydrogens is 329 g/mol. The number of rotatable bonds is 5. The van der Waals surface area contributed by atoms with Gasteiger partial charge in [0.05, 0.1) is 12.3 Å². The lowest BCUT2D eigenvalue weighted by Gasteiger charge is -2.18. The normalized spacial score (nSPS) is 19.2. The zero-order valence-electron chi connectivity index (χ0n) is 12.6. The molecule has 1 aromatic rings. The molecule has 24 heavy (non-hydrogen) atoms. The molecule has 0 bridgehead atoms. The van der Waals surface area contributed by atoms with Crippen molar-refractivity contribution in [3.63, 3.8) is 0 Å². The molecule has 2 heterocycles. The summed E-state index contributed by atoms with van der Waals surface area (Å²) in [5, 5.41) is 9.12. The molecule has 1 aromatic heterocycles. The average Bonchev–Trinajstić information content (AvgIpc) is 3.04. The van der Waals surface area contributed by atoms with Gasteiger partial charge in [-0.2, -0.15) is 18.4 Å². The number of nitrogens with zero attached hydrogens (tertiary/aromatic N) is 2. The first kappa shape index (κ1) is 17.7. The molecule has 9 heteroatoms. The van der Waals surface area contributed by atoms with Crippen LogP contribution in [0.15, 0.2) is 16.7 Å². The number of carbonyl (C=O) groups excluding carboxylic acids is 3. The Bertz CT molecular complexity index is 717. The highest BCUT2D eigenvalue weighted by Gasteiger charge is 2.44. The van der Waals surface area contributed by atoms with E-state index in [4.69, 9.17) is 9.68 Å². The fourth-order valence-electron chi connectivity index (χ4n) is 2.58. The van der Waals surface area contributed by atoms with E-state index in [-0.39, 0.29) is 5.76 Å². The number of amides is 1. The number of carbonyl (C=O) groups is 3. The maximum atomic E-state index is 12.4. The molecule has 1 amide bonds. The number of halogens is 3. The zero-order chi connectivity index (χ0) is 18.1. The van der Waals surface area contributed by atoms with E-state index in [0.717, 1.165) is 0 Å². The Labute approximate surface area is 134 Å². The van der Waals surface area contributed by atoms with Gasteiger partial charge in [0.25, 0.3) is 0 Å². The molecule has 0 radical (unpaired) electrons. The van der Waals surface area contributed by atoms with E-state index in [1.807, 2.05) is 0 Å². The van der Waals surface area contributed by atoms with E-state index < -0.39 is 55.0 Å². The van der Waals surface area contributed by atoms with Crippen LogP contribution in [-0.2, 0) is 9.59 Å². The van der Waals surface area contributed by atoms with Crippen molar-refractivity contribution in [2.75, 3.05) is 13.1 Å². The van der Waals surface area contributed by atoms with Crippen LogP contribution in [0.3, 0.4) is 0 Å². The second-order valence-electron chi connectivity index (χ2n) is 5.55. The number of alkyl halides is 3. The highest BCUT2D eigenvalue weighted by atomic mass is 19.4. The summed E-state index contributed by atoms with van der Waals surface area (Å²) in [6.07, 6.45) is -3.80. The molecule has 2 unspecified atom stereocenters. The molecule has 1 fully saturated rings. The topological polar surface area (TPSA) is 91.4 Å². The first-order chi connectivity index (χ1) is 11.1. The van der Waals surface area contributed by atoms with Crippen LogP contribution >= 0.6 is 0 Å². The number of ketones is 2. The summed E-state index contributed by atoms with van der Waals surface area (Å²) < 4.78 is 42.1. The standard InChI is InChI=1S/C15H13F3N2O4/c1-8-2-3-24-14(8)13(23)10(5-19)12(22)9-4-11(21)20(6-9)7-15(16,17)18/h2-3,9-10H,4,6-7H2,1H3. The third kappa shape index (κ3) is 3.64. The van der Waals surface area contributed by atoms with E-state index in [0.29, 0.717) is 10.5 Å². The van der Waals surface area contributed by atoms with Crippen molar-refractivity contribution in [1.82, 2.24) is 4.90 Å². The Hall–Kier alpha value is -2.63. The first-order valence-corrected chi connectivity index (χ1v) is 7.00. The quantitative estimate of drug-likeness (QED) is 0.602. The van der Waals surface area contributed by atoms with E-state index >= 15 is 0 Å². The smallest absolute Gasteiger partial charge is 0.406 e. The number of likely N-dealkylation sites (tertiary alicyclic amines) is 1. The van der Waals surface area contributed by atoms with Crippen molar-refractivity contribution >= 4 is 17.5 Å². The minimum atomic E-state index is -4.58. The minimum Gasteiger partial charge on any atom is -0.461 e. The van der Waals surface area contributed by atoms with Gasteiger partial charge in [-0.25, -0.2) is 0 Å². The Morgan fingerprint density at radius 1 is 1.50 bits per heavy atom. The highest BCUT2D eigenvalue weighted by Crippen LogP contribution is 2.27. The summed E-state index contributed by atoms with van der Waals surface area (Å²) in [5.74, 6) is -5.53. The van der Waals surface area contributed by atoms with Gasteiger partial charge in [-0.3, -0.25) is 14.4 Å². The number of aryl methyl sites for hydroxylation is 1. The maximum absolute atomic E-state index is 12.4. The molecule has 0 aromatic carbocycles. The molecular formula is C15H13F3N2O4. The second kappa shape index (κ2) is 6.47. The predicted octanol–water partition coefficient (Wildman–Crippen LogP) is 1.89. The molecule has 0 spiro atoms. The Kier molecular flexibility index (Phi) is 4.78. The van der Waals surface area contributed by atoms with E-state index in [1.165, 1.54) is 12.3 Å². The van der Waals surface area contributed by atoms with E-state index in [1.54, 1.807) is 13.0 Å². The fourth-order valence-corrected chi connectivity index (χ4v) is 2.58. The predicted molar refractivity (Wildman–Crippen MR) is 72.6 cm³/mol. The molecule has 128 valence electrons. The zero-order valence-corrected chi connectivity index (χ0v) is 12.6. The number of furan rings is 1. The average molecular weight is 342 g/mol. The largest absolute Gasteiger partial charge is 0.461 e. The van der Waals surface area contributed by atoms with Crippen LogP contribution in [0.2, 0.25) is 0 Å². The monoisotopic (exact) mass is 342 g/mol. The van der Waals surface area contributed by atoms with E-state index in [9.17, 15) is 27.6 Å². The van der Waals surface area contributed by atoms with Gasteiger partial charge < -0.3 is 9.32 Å². The van der Waals surface area contributed by atoms with Crippen LogP contribution in [-0.4, -0.2) is 41.6 Å². The van der Waals surface area contributed by atoms with Gasteiger partial charge in [0.15, 0.2) is 17.5 Å². The number of hydrogen-bond acceptors (Lipinski definition) is 5. The summed E-state index contributed by atoms with van der Waals surface area (Å²) in [4.78, 5) is 36.7. The van der Waals surface area contributed by atoms with Crippen LogP contribution in [0.25, 0.3) is 0 Å². The Balaban J connectivity index is 2.13. The van der Waals surface area contributed by atoms with E-state index in [2.05, 4.69) is 0 Å². The van der Waals surface area contributed by atoms with Gasteiger partial charge in [0.1, 0.15) is 6.54 Å². The van der Waals surface area contributed by atoms with Crippen molar-refractivity contribution in [2.45, 2.75) is 19.5 Å². The number of Topliss-reactive ketones (excluding diaryl/α,β-unsaturated/α-hetero) is 2. The Morgan fingerprint density at radius 2 is 2.17 bits per heavy atom. The molecule has 1 aliphatic rings. The SMILES string of the molecule is Cc1ccoc1C(=O)C(C#N)C(=O)C1CC(=O)N(CC(F)(F)F)C1. The molecule has 0 saturated carbocycles. The van der Waals surface area contributed by atoms with Crippen molar-refractivity contribution in [1.29, 1.82) is 5.26 Å². The lowest BCUT2D eigenvalue weighted by molar-refractivity contribution is -0.157. The van der Waals surface area contributed by atoms with Gasteiger partial charge in [-0.15, -0.1) is 0 Å². The van der Waals surface area contributed by atoms with Gasteiger partial charge in [0, 0.05) is 18.9 Å². The summed E-state index contributed by atoms with van der Waals surface area (Å²) in [7, 11) is 0. The molecule has 0 N–H and O–H groups in total. The van der Waals surface area contributed by atoms with Crippen LogP contribution in [0.4, 0.5) is 13.2 Å². The van der Waals surface area contributed by atoms with Gasteiger partial charge in [0.2, 0.25) is 11.7 Å². The van der Waals surface area contributed by atoms with Crippen LogP contribution in [0.5, 0.6) is 0 Å².